The van der Waals surface area contributed by atoms with Crippen LogP contribution in [0.4, 0.5) is 0 Å². The quantitative estimate of drug-likeness (QED) is 0.362. The molecule has 0 heterocycles. The van der Waals surface area contributed by atoms with Crippen molar-refractivity contribution in [3.8, 4) is 0 Å². The van der Waals surface area contributed by atoms with E-state index in [-0.39, 0.29) is 50.6 Å². The van der Waals surface area contributed by atoms with E-state index in [1.54, 1.807) is 0 Å². The fourth-order valence-corrected chi connectivity index (χ4v) is 0. The third-order valence-corrected chi connectivity index (χ3v) is 0. The van der Waals surface area contributed by atoms with E-state index in [0.717, 1.165) is 0 Å². The van der Waals surface area contributed by atoms with Crippen molar-refractivity contribution in [1.82, 2.24) is 0 Å². The van der Waals surface area contributed by atoms with Crippen molar-refractivity contribution in [1.29, 1.82) is 0 Å². The van der Waals surface area contributed by atoms with Gasteiger partial charge in [0.05, 0.1) is 0 Å². The van der Waals surface area contributed by atoms with Crippen LogP contribution in [0, 0.1) is 0 Å². The Balaban J connectivity index is 0. The van der Waals surface area contributed by atoms with Crippen LogP contribution in [0.5, 0.6) is 0 Å². The van der Waals surface area contributed by atoms with E-state index in [9.17, 15) is 0 Å². The van der Waals surface area contributed by atoms with E-state index < -0.39 is 0 Å². The summed E-state index contributed by atoms with van der Waals surface area (Å²) in [6.45, 7) is 0. The normalized spacial score (nSPS) is 0. The molecule has 0 amide bonds. The van der Waals surface area contributed by atoms with Crippen LogP contribution in [0.3, 0.4) is 0 Å². The van der Waals surface area contributed by atoms with Crippen molar-refractivity contribution < 1.29 is 50.6 Å². The van der Waals surface area contributed by atoms with Gasteiger partial charge in [0.2, 0.25) is 0 Å². The molecular weight excluding hydrogens is 166 g/mol. The van der Waals surface area contributed by atoms with Gasteiger partial charge < -0.3 is 16.4 Å². The molecule has 3 nitrogen and oxygen atoms in total. The van der Waals surface area contributed by atoms with Crippen LogP contribution < -0.4 is 0 Å². The summed E-state index contributed by atoms with van der Waals surface area (Å²) in [5.41, 5.74) is 0. The van der Waals surface area contributed by atoms with Gasteiger partial charge in [0.1, 0.15) is 0 Å². The zero-order valence-corrected chi connectivity index (χ0v) is 4.30. The fraction of sp³-hybridized carbons (Fsp3) is 0. The standard InChI is InChI=1S/Cu.Mn.3H2O/h;;3*1H2. The first-order valence-corrected chi connectivity index (χ1v) is 0. The van der Waals surface area contributed by atoms with Crippen LogP contribution in [-0.2, 0) is 34.1 Å². The second-order valence-corrected chi connectivity index (χ2v) is 0. The maximum atomic E-state index is 0. The fourth-order valence-electron chi connectivity index (χ4n) is 0. The van der Waals surface area contributed by atoms with Gasteiger partial charge in [-0.15, -0.1) is 0 Å². The minimum Gasteiger partial charge on any atom is -0.412 e. The maximum Gasteiger partial charge on any atom is 0 e. The van der Waals surface area contributed by atoms with E-state index in [0.29, 0.717) is 0 Å². The topological polar surface area (TPSA) is 94.5 Å². The van der Waals surface area contributed by atoms with Gasteiger partial charge in [0.15, 0.2) is 0 Å². The summed E-state index contributed by atoms with van der Waals surface area (Å²) < 4.78 is 0. The minimum absolute atomic E-state index is 0. The van der Waals surface area contributed by atoms with Crippen molar-refractivity contribution in [2.45, 2.75) is 0 Å². The Kier molecular flexibility index (Phi) is 3030. The summed E-state index contributed by atoms with van der Waals surface area (Å²) in [7, 11) is 0. The van der Waals surface area contributed by atoms with E-state index in [1.165, 1.54) is 0 Å². The average Bonchev–Trinajstić information content (AvgIpc) is 0. The summed E-state index contributed by atoms with van der Waals surface area (Å²) in [5.74, 6) is 0. The Hall–Kier alpha value is 0.919. The van der Waals surface area contributed by atoms with Crippen LogP contribution in [0.15, 0.2) is 0 Å². The third-order valence-electron chi connectivity index (χ3n) is 0. The SMILES string of the molecule is O.O.O.[Cu].[Mn]. The molecule has 0 aliphatic carbocycles. The maximum absolute atomic E-state index is 0. The molecule has 0 atom stereocenters. The first-order chi connectivity index (χ1) is 0. The second-order valence-electron chi connectivity index (χ2n) is 0. The predicted octanol–water partition coefficient (Wildman–Crippen LogP) is -2.48. The van der Waals surface area contributed by atoms with Crippen molar-refractivity contribution in [3.05, 3.63) is 0 Å². The molecule has 0 rings (SSSR count). The molecule has 0 spiro atoms. The van der Waals surface area contributed by atoms with Gasteiger partial charge in [-0.2, -0.15) is 0 Å². The van der Waals surface area contributed by atoms with Crippen molar-refractivity contribution in [2.24, 2.45) is 0 Å². The number of rotatable bonds is 0. The van der Waals surface area contributed by atoms with Crippen LogP contribution in [-0.4, -0.2) is 16.4 Å². The van der Waals surface area contributed by atoms with Crippen molar-refractivity contribution in [3.63, 3.8) is 0 Å². The van der Waals surface area contributed by atoms with Crippen molar-refractivity contribution >= 4 is 0 Å². The van der Waals surface area contributed by atoms with E-state index in [4.69, 9.17) is 0 Å². The average molecular weight is 173 g/mol. The molecule has 0 saturated carbocycles. The largest absolute Gasteiger partial charge is 0.412 e. The number of hydrogen-bond donors (Lipinski definition) is 0. The van der Waals surface area contributed by atoms with Gasteiger partial charge in [-0.3, -0.25) is 0 Å². The predicted molar refractivity (Wildman–Crippen MR) is 10.8 cm³/mol. The molecular formula is H6CuMnO3. The Morgan fingerprint density at radius 2 is 0.600 bits per heavy atom. The van der Waals surface area contributed by atoms with Gasteiger partial charge in [-0.05, 0) is 0 Å². The summed E-state index contributed by atoms with van der Waals surface area (Å²) >= 11 is 0. The smallest absolute Gasteiger partial charge is 0 e. The Morgan fingerprint density at radius 3 is 0.600 bits per heavy atom. The Bertz CT molecular complexity index is 6.85. The zero-order chi connectivity index (χ0) is 0. The molecule has 5 heavy (non-hydrogen) atoms. The molecule has 0 aliphatic rings. The zero-order valence-electron chi connectivity index (χ0n) is 2.18. The van der Waals surface area contributed by atoms with Crippen LogP contribution in [0.2, 0.25) is 0 Å². The summed E-state index contributed by atoms with van der Waals surface area (Å²) in [5, 5.41) is 0. The second kappa shape index (κ2) is 89.5. The van der Waals surface area contributed by atoms with Crippen LogP contribution >= 0.6 is 0 Å². The molecule has 0 aromatic heterocycles. The molecule has 0 saturated heterocycles. The first-order valence-electron chi connectivity index (χ1n) is 0. The van der Waals surface area contributed by atoms with Gasteiger partial charge in [-0.1, -0.05) is 0 Å². The van der Waals surface area contributed by atoms with Crippen LogP contribution in [0.1, 0.15) is 0 Å². The molecule has 6 N–H and O–H groups in total. The molecule has 42 valence electrons. The summed E-state index contributed by atoms with van der Waals surface area (Å²) in [6, 6.07) is 0. The molecule has 0 bridgehead atoms. The van der Waals surface area contributed by atoms with E-state index in [2.05, 4.69) is 0 Å². The van der Waals surface area contributed by atoms with E-state index >= 15 is 0 Å². The number of hydrogen-bond acceptors (Lipinski definition) is 0. The monoisotopic (exact) mass is 172 g/mol. The molecule has 0 fully saturated rings. The van der Waals surface area contributed by atoms with Gasteiger partial charge >= 0.3 is 0 Å². The van der Waals surface area contributed by atoms with Gasteiger partial charge in [0.25, 0.3) is 0 Å². The molecule has 0 unspecified atom stereocenters. The molecule has 0 aliphatic heterocycles. The third kappa shape index (κ3) is 49.6. The Labute approximate surface area is 51.0 Å². The summed E-state index contributed by atoms with van der Waals surface area (Å²) in [6.07, 6.45) is 0. The van der Waals surface area contributed by atoms with Crippen LogP contribution in [0.25, 0.3) is 0 Å². The first kappa shape index (κ1) is 170. The Morgan fingerprint density at radius 1 is 0.600 bits per heavy atom. The minimum atomic E-state index is 0. The van der Waals surface area contributed by atoms with Gasteiger partial charge in [-0.25, -0.2) is 0 Å². The molecule has 5 heteroatoms. The molecule has 2 radical (unpaired) electrons. The molecule has 0 aromatic carbocycles. The summed E-state index contributed by atoms with van der Waals surface area (Å²) in [4.78, 5) is 0. The van der Waals surface area contributed by atoms with Crippen molar-refractivity contribution in [2.75, 3.05) is 0 Å². The van der Waals surface area contributed by atoms with Gasteiger partial charge in [0, 0.05) is 34.1 Å². The molecule has 0 aromatic rings. The van der Waals surface area contributed by atoms with E-state index in [1.807, 2.05) is 0 Å².